The average Bonchev–Trinajstić information content (AvgIpc) is 2.39. The number of rotatable bonds is 5. The third-order valence-corrected chi connectivity index (χ3v) is 3.48. The van der Waals surface area contributed by atoms with Crippen molar-refractivity contribution < 1.29 is 4.79 Å². The predicted molar refractivity (Wildman–Crippen MR) is 93.0 cm³/mol. The van der Waals surface area contributed by atoms with Crippen LogP contribution in [0.1, 0.15) is 31.4 Å². The molecule has 0 heterocycles. The molecule has 0 aromatic heterocycles. The number of hydrogen-bond acceptors (Lipinski definition) is 2. The highest BCUT2D eigenvalue weighted by Crippen LogP contribution is 2.27. The molecule has 1 aromatic rings. The lowest BCUT2D eigenvalue weighted by atomic mass is 10.1. The Morgan fingerprint density at radius 3 is 2.62 bits per heavy atom. The molecule has 0 unspecified atom stereocenters. The molecule has 1 rings (SSSR count). The zero-order valence-electron chi connectivity index (χ0n) is 12.8. The van der Waals surface area contributed by atoms with Crippen LogP contribution in [0.15, 0.2) is 12.1 Å². The summed E-state index contributed by atoms with van der Waals surface area (Å²) in [6, 6.07) is 3.49. The van der Waals surface area contributed by atoms with Gasteiger partial charge in [0.15, 0.2) is 5.11 Å². The third kappa shape index (κ3) is 5.52. The second-order valence-corrected chi connectivity index (χ2v) is 5.87. The number of hydrogen-bond donors (Lipinski definition) is 3. The van der Waals surface area contributed by atoms with Crippen molar-refractivity contribution in [2.45, 2.75) is 40.2 Å². The number of thiocarbonyl (C=S) groups is 1. The number of carbonyl (C=O) groups excluding carboxylic acids is 1. The Bertz CT molecular complexity index is 511. The van der Waals surface area contributed by atoms with E-state index in [0.717, 1.165) is 23.2 Å². The standard InChI is InChI=1S/C15H22ClN3OS/c1-5-6-17-14(20)11(4)18-15(21)19-13-10(3)7-9(2)8-12(13)16/h7-8,11H,5-6H2,1-4H3,(H,17,20)(H2,18,19,21)/t11-/m0/s1. The van der Waals surface area contributed by atoms with E-state index in [-0.39, 0.29) is 5.91 Å². The van der Waals surface area contributed by atoms with Gasteiger partial charge in [-0.15, -0.1) is 0 Å². The maximum atomic E-state index is 11.8. The first-order chi connectivity index (χ1) is 9.85. The van der Waals surface area contributed by atoms with Crippen molar-refractivity contribution in [3.8, 4) is 0 Å². The molecule has 21 heavy (non-hydrogen) atoms. The number of benzene rings is 1. The van der Waals surface area contributed by atoms with E-state index in [1.54, 1.807) is 6.92 Å². The smallest absolute Gasteiger partial charge is 0.242 e. The fourth-order valence-electron chi connectivity index (χ4n) is 1.89. The van der Waals surface area contributed by atoms with Gasteiger partial charge in [0.05, 0.1) is 10.7 Å². The molecule has 1 aromatic carbocycles. The molecule has 0 spiro atoms. The van der Waals surface area contributed by atoms with Gasteiger partial charge >= 0.3 is 0 Å². The van der Waals surface area contributed by atoms with Crippen LogP contribution in [-0.2, 0) is 4.79 Å². The van der Waals surface area contributed by atoms with Crippen LogP contribution >= 0.6 is 23.8 Å². The largest absolute Gasteiger partial charge is 0.354 e. The highest BCUT2D eigenvalue weighted by Gasteiger charge is 2.14. The maximum Gasteiger partial charge on any atom is 0.242 e. The summed E-state index contributed by atoms with van der Waals surface area (Å²) in [6.45, 7) is 8.38. The van der Waals surface area contributed by atoms with Gasteiger partial charge in [0, 0.05) is 6.54 Å². The molecule has 1 amide bonds. The molecule has 1 atom stereocenters. The van der Waals surface area contributed by atoms with Gasteiger partial charge in [-0.25, -0.2) is 0 Å². The van der Waals surface area contributed by atoms with Gasteiger partial charge in [-0.05, 0) is 56.6 Å². The number of halogens is 1. The summed E-state index contributed by atoms with van der Waals surface area (Å²) in [5.74, 6) is -0.0762. The van der Waals surface area contributed by atoms with E-state index in [1.807, 2.05) is 32.9 Å². The molecular weight excluding hydrogens is 306 g/mol. The lowest BCUT2D eigenvalue weighted by molar-refractivity contribution is -0.122. The lowest BCUT2D eigenvalue weighted by Gasteiger charge is -2.18. The quantitative estimate of drug-likeness (QED) is 0.727. The van der Waals surface area contributed by atoms with Crippen molar-refractivity contribution in [2.75, 3.05) is 11.9 Å². The number of anilines is 1. The highest BCUT2D eigenvalue weighted by atomic mass is 35.5. The fraction of sp³-hybridized carbons (Fsp3) is 0.467. The molecular formula is C15H22ClN3OS. The van der Waals surface area contributed by atoms with E-state index in [1.165, 1.54) is 0 Å². The van der Waals surface area contributed by atoms with Gasteiger partial charge in [-0.3, -0.25) is 4.79 Å². The van der Waals surface area contributed by atoms with Gasteiger partial charge in [0.25, 0.3) is 0 Å². The third-order valence-electron chi connectivity index (χ3n) is 2.96. The summed E-state index contributed by atoms with van der Waals surface area (Å²) in [4.78, 5) is 11.8. The van der Waals surface area contributed by atoms with Gasteiger partial charge in [0.1, 0.15) is 6.04 Å². The Hall–Kier alpha value is -1.33. The Kier molecular flexibility index (Phi) is 6.92. The van der Waals surface area contributed by atoms with Crippen molar-refractivity contribution in [3.63, 3.8) is 0 Å². The second kappa shape index (κ2) is 8.20. The number of nitrogens with one attached hydrogen (secondary N) is 3. The van der Waals surface area contributed by atoms with Crippen molar-refractivity contribution in [3.05, 3.63) is 28.3 Å². The number of carbonyl (C=O) groups is 1. The average molecular weight is 328 g/mol. The molecule has 0 bridgehead atoms. The first kappa shape index (κ1) is 17.7. The van der Waals surface area contributed by atoms with Crippen LogP contribution in [0.5, 0.6) is 0 Å². The van der Waals surface area contributed by atoms with Crippen LogP contribution in [0.3, 0.4) is 0 Å². The van der Waals surface area contributed by atoms with Crippen LogP contribution in [0.2, 0.25) is 5.02 Å². The zero-order chi connectivity index (χ0) is 16.0. The van der Waals surface area contributed by atoms with Crippen LogP contribution in [0.4, 0.5) is 5.69 Å². The van der Waals surface area contributed by atoms with Crippen molar-refractivity contribution in [2.24, 2.45) is 0 Å². The van der Waals surface area contributed by atoms with Gasteiger partial charge < -0.3 is 16.0 Å². The first-order valence-corrected chi connectivity index (χ1v) is 7.75. The minimum Gasteiger partial charge on any atom is -0.354 e. The highest BCUT2D eigenvalue weighted by molar-refractivity contribution is 7.80. The fourth-order valence-corrected chi connectivity index (χ4v) is 2.53. The summed E-state index contributed by atoms with van der Waals surface area (Å²) in [5.41, 5.74) is 2.86. The van der Waals surface area contributed by atoms with E-state index in [0.29, 0.717) is 16.7 Å². The molecule has 0 aliphatic heterocycles. The summed E-state index contributed by atoms with van der Waals surface area (Å²) in [6.07, 6.45) is 0.902. The van der Waals surface area contributed by atoms with Crippen molar-refractivity contribution in [1.82, 2.24) is 10.6 Å². The molecule has 0 aliphatic rings. The molecule has 0 saturated carbocycles. The Labute approximate surface area is 136 Å². The molecule has 0 aliphatic carbocycles. The zero-order valence-corrected chi connectivity index (χ0v) is 14.4. The lowest BCUT2D eigenvalue weighted by Crippen LogP contribution is -2.46. The van der Waals surface area contributed by atoms with Gasteiger partial charge in [-0.1, -0.05) is 24.6 Å². The second-order valence-electron chi connectivity index (χ2n) is 5.05. The van der Waals surface area contributed by atoms with Gasteiger partial charge in [-0.2, -0.15) is 0 Å². The number of aryl methyl sites for hydroxylation is 2. The van der Waals surface area contributed by atoms with Gasteiger partial charge in [0.2, 0.25) is 5.91 Å². The van der Waals surface area contributed by atoms with Crippen LogP contribution in [-0.4, -0.2) is 23.6 Å². The minimum absolute atomic E-state index is 0.0762. The Morgan fingerprint density at radius 2 is 2.05 bits per heavy atom. The van der Waals surface area contributed by atoms with E-state index in [2.05, 4.69) is 16.0 Å². The molecule has 0 radical (unpaired) electrons. The summed E-state index contributed by atoms with van der Waals surface area (Å²) < 4.78 is 0. The van der Waals surface area contributed by atoms with Crippen LogP contribution in [0, 0.1) is 13.8 Å². The Balaban J connectivity index is 2.64. The summed E-state index contributed by atoms with van der Waals surface area (Å²) in [7, 11) is 0. The molecule has 0 saturated heterocycles. The summed E-state index contributed by atoms with van der Waals surface area (Å²) in [5, 5.41) is 9.82. The Morgan fingerprint density at radius 1 is 1.38 bits per heavy atom. The maximum absolute atomic E-state index is 11.8. The molecule has 4 nitrogen and oxygen atoms in total. The van der Waals surface area contributed by atoms with E-state index in [9.17, 15) is 4.79 Å². The van der Waals surface area contributed by atoms with E-state index in [4.69, 9.17) is 23.8 Å². The molecule has 116 valence electrons. The summed E-state index contributed by atoms with van der Waals surface area (Å²) >= 11 is 11.5. The molecule has 3 N–H and O–H groups in total. The normalized spacial score (nSPS) is 11.7. The monoisotopic (exact) mass is 327 g/mol. The minimum atomic E-state index is -0.402. The predicted octanol–water partition coefficient (Wildman–Crippen LogP) is 3.16. The van der Waals surface area contributed by atoms with E-state index < -0.39 is 6.04 Å². The van der Waals surface area contributed by atoms with Crippen molar-refractivity contribution >= 4 is 40.5 Å². The van der Waals surface area contributed by atoms with Crippen LogP contribution < -0.4 is 16.0 Å². The molecule has 0 fully saturated rings. The SMILES string of the molecule is CCCNC(=O)[C@H](C)NC(=S)Nc1c(C)cc(C)cc1Cl. The van der Waals surface area contributed by atoms with E-state index >= 15 is 0 Å². The molecule has 6 heteroatoms. The number of amides is 1. The van der Waals surface area contributed by atoms with Crippen molar-refractivity contribution in [1.29, 1.82) is 0 Å². The first-order valence-electron chi connectivity index (χ1n) is 6.97. The van der Waals surface area contributed by atoms with Crippen LogP contribution in [0.25, 0.3) is 0 Å². The topological polar surface area (TPSA) is 53.2 Å².